The van der Waals surface area contributed by atoms with E-state index in [1.165, 1.54) is 0 Å². The predicted octanol–water partition coefficient (Wildman–Crippen LogP) is 2.31. The summed E-state index contributed by atoms with van der Waals surface area (Å²) in [4.78, 5) is 24.0. The molecule has 1 unspecified atom stereocenters. The van der Waals surface area contributed by atoms with E-state index in [9.17, 15) is 19.3 Å². The van der Waals surface area contributed by atoms with Crippen LogP contribution in [0.1, 0.15) is 17.3 Å². The molecule has 7 heteroatoms. The molecule has 1 heterocycles. The highest BCUT2D eigenvalue weighted by atomic mass is 32.2. The third kappa shape index (κ3) is 3.04. The smallest absolute Gasteiger partial charge is 0.282 e. The first kappa shape index (κ1) is 13.8. The maximum Gasteiger partial charge on any atom is 0.282 e. The van der Waals surface area contributed by atoms with E-state index < -0.39 is 16.6 Å². The summed E-state index contributed by atoms with van der Waals surface area (Å²) in [5.74, 6) is -0.331. The second-order valence-corrected chi connectivity index (χ2v) is 5.90. The van der Waals surface area contributed by atoms with Gasteiger partial charge >= 0.3 is 0 Å². The number of hydrogen-bond acceptors (Lipinski definition) is 4. The van der Waals surface area contributed by atoms with Gasteiger partial charge in [-0.15, -0.1) is 0 Å². The maximum absolute atomic E-state index is 13.2. The van der Waals surface area contributed by atoms with Gasteiger partial charge in [-0.2, -0.15) is 11.8 Å². The zero-order valence-corrected chi connectivity index (χ0v) is 11.2. The van der Waals surface area contributed by atoms with Crippen molar-refractivity contribution in [3.63, 3.8) is 0 Å². The minimum absolute atomic E-state index is 0.177. The van der Waals surface area contributed by atoms with Gasteiger partial charge in [-0.25, -0.2) is 4.39 Å². The van der Waals surface area contributed by atoms with Crippen LogP contribution in [0.3, 0.4) is 0 Å². The number of rotatable bonds is 2. The Hall–Kier alpha value is -1.63. The fraction of sp³-hybridized carbons (Fsp3) is 0.417. The van der Waals surface area contributed by atoms with Crippen molar-refractivity contribution in [2.75, 3.05) is 18.8 Å². The van der Waals surface area contributed by atoms with Crippen LogP contribution in [0.25, 0.3) is 0 Å². The fourth-order valence-electron chi connectivity index (χ4n) is 2.01. The van der Waals surface area contributed by atoms with Gasteiger partial charge in [0.25, 0.3) is 11.6 Å². The van der Waals surface area contributed by atoms with Gasteiger partial charge in [0.15, 0.2) is 0 Å². The Morgan fingerprint density at radius 1 is 1.58 bits per heavy atom. The van der Waals surface area contributed by atoms with Crippen LogP contribution in [0, 0.1) is 15.9 Å². The lowest BCUT2D eigenvalue weighted by Gasteiger charge is -2.30. The summed E-state index contributed by atoms with van der Waals surface area (Å²) in [6.45, 7) is 3.04. The van der Waals surface area contributed by atoms with Crippen molar-refractivity contribution < 1.29 is 14.1 Å². The van der Waals surface area contributed by atoms with E-state index in [4.69, 9.17) is 0 Å². The average molecular weight is 284 g/mol. The molecule has 0 bridgehead atoms. The van der Waals surface area contributed by atoms with E-state index in [0.29, 0.717) is 13.1 Å². The first-order valence-electron chi connectivity index (χ1n) is 5.84. The molecule has 1 atom stereocenters. The number of amides is 1. The summed E-state index contributed by atoms with van der Waals surface area (Å²) in [7, 11) is 0. The molecule has 19 heavy (non-hydrogen) atoms. The molecular formula is C12H13FN2O3S. The van der Waals surface area contributed by atoms with Gasteiger partial charge in [-0.1, -0.05) is 6.92 Å². The molecular weight excluding hydrogens is 271 g/mol. The first-order valence-corrected chi connectivity index (χ1v) is 6.88. The largest absolute Gasteiger partial charge is 0.336 e. The highest BCUT2D eigenvalue weighted by Crippen LogP contribution is 2.24. The summed E-state index contributed by atoms with van der Waals surface area (Å²) < 4.78 is 13.2. The van der Waals surface area contributed by atoms with Crippen LogP contribution in [-0.2, 0) is 0 Å². The van der Waals surface area contributed by atoms with E-state index >= 15 is 0 Å². The number of hydrogen-bond donors (Lipinski definition) is 0. The minimum atomic E-state index is -0.658. The predicted molar refractivity (Wildman–Crippen MR) is 70.9 cm³/mol. The molecule has 102 valence electrons. The minimum Gasteiger partial charge on any atom is -0.336 e. The number of benzene rings is 1. The molecule has 1 aliphatic heterocycles. The molecule has 2 rings (SSSR count). The van der Waals surface area contributed by atoms with E-state index in [1.807, 2.05) is 6.92 Å². The van der Waals surface area contributed by atoms with Crippen LogP contribution in [-0.4, -0.2) is 39.8 Å². The molecule has 1 saturated heterocycles. The van der Waals surface area contributed by atoms with Crippen LogP contribution in [0.2, 0.25) is 0 Å². The molecule has 0 saturated carbocycles. The topological polar surface area (TPSA) is 63.5 Å². The summed E-state index contributed by atoms with van der Waals surface area (Å²) in [5, 5.41) is 11.2. The van der Waals surface area contributed by atoms with E-state index in [-0.39, 0.29) is 16.5 Å². The fourth-order valence-corrected chi connectivity index (χ4v) is 3.03. The van der Waals surface area contributed by atoms with E-state index in [1.54, 1.807) is 16.7 Å². The van der Waals surface area contributed by atoms with Crippen LogP contribution in [0.5, 0.6) is 0 Å². The lowest BCUT2D eigenvalue weighted by molar-refractivity contribution is -0.385. The Balaban J connectivity index is 2.32. The summed E-state index contributed by atoms with van der Waals surface area (Å²) in [6.07, 6.45) is 0. The Morgan fingerprint density at radius 3 is 2.95 bits per heavy atom. The normalized spacial score (nSPS) is 19.3. The van der Waals surface area contributed by atoms with Gasteiger partial charge in [0, 0.05) is 30.2 Å². The summed E-state index contributed by atoms with van der Waals surface area (Å²) in [6, 6.07) is 2.96. The number of carbonyl (C=O) groups is 1. The van der Waals surface area contributed by atoms with E-state index in [2.05, 4.69) is 0 Å². The Kier molecular flexibility index (Phi) is 4.04. The summed E-state index contributed by atoms with van der Waals surface area (Å²) in [5.41, 5.74) is -0.527. The van der Waals surface area contributed by atoms with Gasteiger partial charge in [0.1, 0.15) is 11.4 Å². The lowest BCUT2D eigenvalue weighted by atomic mass is 10.1. The molecule has 1 aromatic rings. The number of nitro groups is 1. The van der Waals surface area contributed by atoms with Crippen LogP contribution in [0.15, 0.2) is 18.2 Å². The molecule has 0 N–H and O–H groups in total. The molecule has 0 radical (unpaired) electrons. The summed E-state index contributed by atoms with van der Waals surface area (Å²) >= 11 is 1.75. The second kappa shape index (κ2) is 5.56. The molecule has 1 amide bonds. The Bertz CT molecular complexity index is 524. The van der Waals surface area contributed by atoms with Crippen LogP contribution < -0.4 is 0 Å². The van der Waals surface area contributed by atoms with Crippen molar-refractivity contribution in [1.82, 2.24) is 4.90 Å². The number of carbonyl (C=O) groups excluding carboxylic acids is 1. The zero-order valence-electron chi connectivity index (χ0n) is 10.3. The molecule has 0 spiro atoms. The van der Waals surface area contributed by atoms with Crippen LogP contribution in [0.4, 0.5) is 10.1 Å². The van der Waals surface area contributed by atoms with Crippen molar-refractivity contribution in [3.05, 3.63) is 39.7 Å². The van der Waals surface area contributed by atoms with Gasteiger partial charge in [0.05, 0.1) is 4.92 Å². The van der Waals surface area contributed by atoms with Crippen molar-refractivity contribution in [3.8, 4) is 0 Å². The van der Waals surface area contributed by atoms with Crippen molar-refractivity contribution in [2.45, 2.75) is 12.2 Å². The van der Waals surface area contributed by atoms with Gasteiger partial charge in [0.2, 0.25) is 0 Å². The van der Waals surface area contributed by atoms with Crippen molar-refractivity contribution in [1.29, 1.82) is 0 Å². The highest BCUT2D eigenvalue weighted by Gasteiger charge is 2.28. The van der Waals surface area contributed by atoms with Gasteiger partial charge in [-0.05, 0) is 12.1 Å². The third-order valence-electron chi connectivity index (χ3n) is 2.91. The Labute approximate surface area is 113 Å². The molecule has 1 aromatic carbocycles. The van der Waals surface area contributed by atoms with Crippen molar-refractivity contribution in [2.24, 2.45) is 0 Å². The SMILES string of the molecule is CC1CN(C(=O)c2cc(F)ccc2[N+](=O)[O-])CCS1. The van der Waals surface area contributed by atoms with E-state index in [0.717, 1.165) is 24.0 Å². The first-order chi connectivity index (χ1) is 8.99. The number of nitro benzene ring substituents is 1. The number of nitrogens with zero attached hydrogens (tertiary/aromatic N) is 2. The Morgan fingerprint density at radius 2 is 2.32 bits per heavy atom. The molecule has 1 aliphatic rings. The maximum atomic E-state index is 13.2. The van der Waals surface area contributed by atoms with Crippen molar-refractivity contribution >= 4 is 23.4 Å². The van der Waals surface area contributed by atoms with Crippen LogP contribution >= 0.6 is 11.8 Å². The average Bonchev–Trinajstić information content (AvgIpc) is 2.37. The number of thioether (sulfide) groups is 1. The number of halogens is 1. The monoisotopic (exact) mass is 284 g/mol. The highest BCUT2D eigenvalue weighted by molar-refractivity contribution is 7.99. The third-order valence-corrected chi connectivity index (χ3v) is 4.05. The second-order valence-electron chi connectivity index (χ2n) is 4.35. The molecule has 5 nitrogen and oxygen atoms in total. The zero-order chi connectivity index (χ0) is 14.0. The molecule has 0 aromatic heterocycles. The quantitative estimate of drug-likeness (QED) is 0.617. The molecule has 0 aliphatic carbocycles. The standard InChI is InChI=1S/C12H13FN2O3S/c1-8-7-14(4-5-19-8)12(16)10-6-9(13)2-3-11(10)15(17)18/h2-3,6,8H,4-5,7H2,1H3. The van der Waals surface area contributed by atoms with Gasteiger partial charge < -0.3 is 4.90 Å². The lowest BCUT2D eigenvalue weighted by Crippen LogP contribution is -2.41. The molecule has 1 fully saturated rings. The van der Waals surface area contributed by atoms with Gasteiger partial charge in [-0.3, -0.25) is 14.9 Å².